The van der Waals surface area contributed by atoms with Crippen LogP contribution >= 0.6 is 0 Å². The van der Waals surface area contributed by atoms with Crippen LogP contribution in [0.3, 0.4) is 0 Å². The van der Waals surface area contributed by atoms with Gasteiger partial charge in [-0.15, -0.1) is 0 Å². The van der Waals surface area contributed by atoms with Crippen LogP contribution in [0.25, 0.3) is 0 Å². The average Bonchev–Trinajstić information content (AvgIpc) is 2.83. The number of aromatic amines is 1. The number of nitrogens with one attached hydrogen (secondary N) is 1. The topological polar surface area (TPSA) is 130 Å². The van der Waals surface area contributed by atoms with Crippen LogP contribution in [0.1, 0.15) is 20.1 Å². The molecule has 10 nitrogen and oxygen atoms in total. The fourth-order valence-corrected chi connectivity index (χ4v) is 3.70. The number of hydrogen-bond donors (Lipinski definition) is 1. The Morgan fingerprint density at radius 2 is 1.96 bits per heavy atom. The van der Waals surface area contributed by atoms with Crippen LogP contribution in [0.2, 0.25) is 0 Å². The predicted octanol–water partition coefficient (Wildman–Crippen LogP) is -1.61. The van der Waals surface area contributed by atoms with Crippen molar-refractivity contribution in [2.45, 2.75) is 44.2 Å². The van der Waals surface area contributed by atoms with Gasteiger partial charge in [-0.2, -0.15) is 9.78 Å². The second-order valence-electron chi connectivity index (χ2n) is 6.11. The van der Waals surface area contributed by atoms with E-state index in [1.54, 1.807) is 13.8 Å². The van der Waals surface area contributed by atoms with Crippen LogP contribution in [0.5, 0.6) is 0 Å². The van der Waals surface area contributed by atoms with Crippen molar-refractivity contribution in [3.05, 3.63) is 27.0 Å². The highest BCUT2D eigenvalue weighted by Gasteiger charge is 2.57. The number of H-pyrrole nitrogens is 1. The maximum Gasteiger partial charge on any atom is 0.347 e. The highest BCUT2D eigenvalue weighted by molar-refractivity contribution is 7.90. The molecule has 0 radical (unpaired) electrons. The second kappa shape index (κ2) is 5.23. The van der Waals surface area contributed by atoms with Crippen molar-refractivity contribution < 1.29 is 22.6 Å². The molecular weight excluding hydrogens is 330 g/mol. The lowest BCUT2D eigenvalue weighted by Gasteiger charge is -2.24. The molecule has 4 atom stereocenters. The lowest BCUT2D eigenvalue weighted by atomic mass is 10.1. The van der Waals surface area contributed by atoms with Crippen molar-refractivity contribution in [2.24, 2.45) is 0 Å². The number of hydrogen-bond acceptors (Lipinski definition) is 8. The molecule has 2 saturated heterocycles. The van der Waals surface area contributed by atoms with Gasteiger partial charge in [0.05, 0.1) is 5.75 Å². The van der Waals surface area contributed by atoms with Gasteiger partial charge < -0.3 is 14.2 Å². The van der Waals surface area contributed by atoms with Gasteiger partial charge in [-0.25, -0.2) is 13.2 Å². The lowest BCUT2D eigenvalue weighted by molar-refractivity contribution is -0.196. The Kier molecular flexibility index (Phi) is 3.71. The molecular formula is C12H17N3O7S. The number of fused-ring (bicyclic) bond motifs is 1. The van der Waals surface area contributed by atoms with E-state index in [1.807, 2.05) is 0 Å². The Morgan fingerprint density at radius 1 is 1.30 bits per heavy atom. The summed E-state index contributed by atoms with van der Waals surface area (Å²) in [7, 11) is -3.33. The molecule has 0 spiro atoms. The van der Waals surface area contributed by atoms with Crippen molar-refractivity contribution in [3.8, 4) is 0 Å². The first-order valence-electron chi connectivity index (χ1n) is 6.93. The molecule has 0 amide bonds. The first-order valence-corrected chi connectivity index (χ1v) is 8.99. The van der Waals surface area contributed by atoms with Gasteiger partial charge in [0.15, 0.2) is 12.0 Å². The summed E-state index contributed by atoms with van der Waals surface area (Å²) in [5.74, 6) is -1.22. The third-order valence-electron chi connectivity index (χ3n) is 3.57. The van der Waals surface area contributed by atoms with Gasteiger partial charge in [0.2, 0.25) is 0 Å². The molecule has 1 N–H and O–H groups in total. The van der Waals surface area contributed by atoms with E-state index < -0.39 is 51.4 Å². The molecule has 128 valence electrons. The van der Waals surface area contributed by atoms with E-state index in [0.717, 1.165) is 17.1 Å². The normalized spacial score (nSPS) is 32.8. The molecule has 11 heteroatoms. The first-order chi connectivity index (χ1) is 10.6. The minimum Gasteiger partial charge on any atom is -0.346 e. The zero-order chi connectivity index (χ0) is 17.0. The average molecular weight is 347 g/mol. The van der Waals surface area contributed by atoms with Crippen LogP contribution in [0.15, 0.2) is 15.8 Å². The largest absolute Gasteiger partial charge is 0.347 e. The molecule has 0 aliphatic carbocycles. The summed E-state index contributed by atoms with van der Waals surface area (Å²) in [6.45, 7) is 3.37. The van der Waals surface area contributed by atoms with Gasteiger partial charge in [-0.05, 0) is 13.8 Å². The molecule has 1 aromatic rings. The summed E-state index contributed by atoms with van der Waals surface area (Å²) in [5, 5.41) is 3.75. The summed E-state index contributed by atoms with van der Waals surface area (Å²) < 4.78 is 41.2. The quantitative estimate of drug-likeness (QED) is 0.691. The Labute approximate surface area is 131 Å². The third-order valence-corrected chi connectivity index (χ3v) is 4.50. The van der Waals surface area contributed by atoms with Gasteiger partial charge in [0.1, 0.15) is 34.3 Å². The number of sulfone groups is 1. The zero-order valence-corrected chi connectivity index (χ0v) is 13.6. The maximum absolute atomic E-state index is 11.9. The van der Waals surface area contributed by atoms with E-state index in [0.29, 0.717) is 0 Å². The molecule has 1 aromatic heterocycles. The Morgan fingerprint density at radius 3 is 2.57 bits per heavy atom. The van der Waals surface area contributed by atoms with Gasteiger partial charge >= 0.3 is 5.69 Å². The van der Waals surface area contributed by atoms with Crippen molar-refractivity contribution in [1.29, 1.82) is 0 Å². The Hall–Kier alpha value is -1.56. The molecule has 2 aliphatic rings. The van der Waals surface area contributed by atoms with Crippen molar-refractivity contribution in [3.63, 3.8) is 0 Å². The Bertz CT molecular complexity index is 828. The summed E-state index contributed by atoms with van der Waals surface area (Å²) >= 11 is 0. The highest BCUT2D eigenvalue weighted by atomic mass is 32.2. The van der Waals surface area contributed by atoms with Crippen molar-refractivity contribution >= 4 is 9.84 Å². The summed E-state index contributed by atoms with van der Waals surface area (Å²) in [5.41, 5.74) is -1.41. The van der Waals surface area contributed by atoms with Crippen LogP contribution in [0.4, 0.5) is 0 Å². The summed E-state index contributed by atoms with van der Waals surface area (Å²) in [4.78, 5) is 25.1. The Balaban J connectivity index is 1.98. The SMILES string of the molecule is CC1(C)O[C@@H]2[C@@H](O1)[C@@H](n1ncc(=O)[nH]c1=O)O[C@@H]2CS(C)(=O)=O. The minimum absolute atomic E-state index is 0.276. The standard InChI is InChI=1S/C12H17N3O7S/c1-12(2)21-8-6(5-23(3,18)19)20-10(9(8)22-12)15-11(17)14-7(16)4-13-15/h4,6,8-10H,5H2,1-3H3,(H,14,16,17)/t6-,8+,9-,10+/m1/s1. The zero-order valence-electron chi connectivity index (χ0n) is 12.8. The first kappa shape index (κ1) is 16.3. The van der Waals surface area contributed by atoms with E-state index in [1.165, 1.54) is 0 Å². The summed E-state index contributed by atoms with van der Waals surface area (Å²) in [6.07, 6.45) is -1.15. The number of aromatic nitrogens is 3. The molecule has 0 unspecified atom stereocenters. The van der Waals surface area contributed by atoms with Gasteiger partial charge in [-0.3, -0.25) is 9.78 Å². The van der Waals surface area contributed by atoms with E-state index in [4.69, 9.17) is 14.2 Å². The monoisotopic (exact) mass is 347 g/mol. The molecule has 0 aromatic carbocycles. The molecule has 2 aliphatic heterocycles. The third kappa shape index (κ3) is 3.22. The molecule has 23 heavy (non-hydrogen) atoms. The number of rotatable bonds is 3. The minimum atomic E-state index is -3.33. The number of nitrogens with zero attached hydrogens (tertiary/aromatic N) is 2. The molecule has 3 rings (SSSR count). The molecule has 2 fully saturated rings. The van der Waals surface area contributed by atoms with Gasteiger partial charge in [0.25, 0.3) is 5.56 Å². The fourth-order valence-electron chi connectivity index (χ4n) is 2.83. The maximum atomic E-state index is 11.9. The van der Waals surface area contributed by atoms with Crippen LogP contribution in [-0.2, 0) is 24.0 Å². The van der Waals surface area contributed by atoms with E-state index >= 15 is 0 Å². The summed E-state index contributed by atoms with van der Waals surface area (Å²) in [6, 6.07) is 0. The molecule has 0 bridgehead atoms. The molecule has 0 saturated carbocycles. The van der Waals surface area contributed by atoms with Gasteiger partial charge in [0, 0.05) is 6.26 Å². The van der Waals surface area contributed by atoms with Crippen LogP contribution in [0, 0.1) is 0 Å². The second-order valence-corrected chi connectivity index (χ2v) is 8.29. The van der Waals surface area contributed by atoms with Crippen LogP contribution in [-0.4, -0.2) is 59.3 Å². The molecule has 3 heterocycles. The van der Waals surface area contributed by atoms with E-state index in [2.05, 4.69) is 10.1 Å². The lowest BCUT2D eigenvalue weighted by Crippen LogP contribution is -2.39. The fraction of sp³-hybridized carbons (Fsp3) is 0.750. The smallest absolute Gasteiger partial charge is 0.346 e. The van der Waals surface area contributed by atoms with E-state index in [-0.39, 0.29) is 5.75 Å². The van der Waals surface area contributed by atoms with Crippen LogP contribution < -0.4 is 11.2 Å². The predicted molar refractivity (Wildman–Crippen MR) is 76.6 cm³/mol. The van der Waals surface area contributed by atoms with Crippen molar-refractivity contribution in [1.82, 2.24) is 14.8 Å². The number of ether oxygens (including phenoxy) is 3. The van der Waals surface area contributed by atoms with Gasteiger partial charge in [-0.1, -0.05) is 0 Å². The van der Waals surface area contributed by atoms with E-state index in [9.17, 15) is 18.0 Å². The van der Waals surface area contributed by atoms with Crippen molar-refractivity contribution in [2.75, 3.05) is 12.0 Å². The highest BCUT2D eigenvalue weighted by Crippen LogP contribution is 2.42.